The first kappa shape index (κ1) is 15.6. The lowest BCUT2D eigenvalue weighted by Gasteiger charge is -2.24. The zero-order valence-electron chi connectivity index (χ0n) is 14.8. The van der Waals surface area contributed by atoms with Gasteiger partial charge in [0.2, 0.25) is 5.95 Å². The van der Waals surface area contributed by atoms with Gasteiger partial charge in [0.05, 0.1) is 0 Å². The van der Waals surface area contributed by atoms with E-state index in [1.54, 1.807) is 0 Å². The number of para-hydroxylation sites is 1. The standard InChI is InChI=1S/C21H22N4/c1-14-7-6-9-18(11-14)23-21-22-15(2)12-20(24-21)25-16(3)13-17-8-4-5-10-19(17)25/h4-12,16H,13H2,1-3H3,(H,22,23,24). The molecule has 2 aromatic carbocycles. The molecular formula is C21H22N4. The minimum atomic E-state index is 0.388. The van der Waals surface area contributed by atoms with Crippen LogP contribution in [0.2, 0.25) is 0 Å². The Bertz CT molecular complexity index is 919. The van der Waals surface area contributed by atoms with Gasteiger partial charge in [-0.1, -0.05) is 30.3 Å². The van der Waals surface area contributed by atoms with Gasteiger partial charge in [0.1, 0.15) is 5.82 Å². The fraction of sp³-hybridized carbons (Fsp3) is 0.238. The molecule has 1 aromatic heterocycles. The first-order valence-corrected chi connectivity index (χ1v) is 8.67. The van der Waals surface area contributed by atoms with Crippen molar-refractivity contribution in [3.8, 4) is 0 Å². The third-order valence-corrected chi connectivity index (χ3v) is 4.57. The van der Waals surface area contributed by atoms with Gasteiger partial charge < -0.3 is 10.2 Å². The van der Waals surface area contributed by atoms with Gasteiger partial charge in [-0.3, -0.25) is 0 Å². The van der Waals surface area contributed by atoms with Gasteiger partial charge in [-0.2, -0.15) is 4.98 Å². The van der Waals surface area contributed by atoms with Crippen molar-refractivity contribution in [2.75, 3.05) is 10.2 Å². The van der Waals surface area contributed by atoms with E-state index in [0.29, 0.717) is 12.0 Å². The summed E-state index contributed by atoms with van der Waals surface area (Å²) in [5.74, 6) is 1.58. The number of nitrogens with zero attached hydrogens (tertiary/aromatic N) is 3. The lowest BCUT2D eigenvalue weighted by atomic mass is 10.1. The van der Waals surface area contributed by atoms with Crippen LogP contribution >= 0.6 is 0 Å². The van der Waals surface area contributed by atoms with Crippen LogP contribution in [0.25, 0.3) is 0 Å². The first-order chi connectivity index (χ1) is 12.1. The van der Waals surface area contributed by atoms with Crippen LogP contribution in [0.5, 0.6) is 0 Å². The minimum Gasteiger partial charge on any atom is -0.324 e. The van der Waals surface area contributed by atoms with Crippen LogP contribution < -0.4 is 10.2 Å². The molecular weight excluding hydrogens is 308 g/mol. The van der Waals surface area contributed by atoms with E-state index in [9.17, 15) is 0 Å². The van der Waals surface area contributed by atoms with Gasteiger partial charge in [-0.15, -0.1) is 0 Å². The second-order valence-corrected chi connectivity index (χ2v) is 6.74. The van der Waals surface area contributed by atoms with Crippen molar-refractivity contribution in [1.82, 2.24) is 9.97 Å². The summed E-state index contributed by atoms with van der Waals surface area (Å²) in [6.45, 7) is 6.33. The first-order valence-electron chi connectivity index (χ1n) is 8.67. The van der Waals surface area contributed by atoms with E-state index in [0.717, 1.165) is 23.6 Å². The molecule has 0 bridgehead atoms. The molecule has 1 unspecified atom stereocenters. The molecule has 0 saturated heterocycles. The van der Waals surface area contributed by atoms with E-state index in [-0.39, 0.29) is 0 Å². The lowest BCUT2D eigenvalue weighted by molar-refractivity contribution is 0.749. The Labute approximate surface area is 148 Å². The van der Waals surface area contributed by atoms with Crippen LogP contribution in [-0.4, -0.2) is 16.0 Å². The van der Waals surface area contributed by atoms with Crippen molar-refractivity contribution < 1.29 is 0 Å². The Morgan fingerprint density at radius 2 is 1.84 bits per heavy atom. The summed E-state index contributed by atoms with van der Waals surface area (Å²) in [7, 11) is 0. The number of aryl methyl sites for hydroxylation is 2. The maximum atomic E-state index is 4.79. The van der Waals surface area contributed by atoms with E-state index < -0.39 is 0 Å². The number of fused-ring (bicyclic) bond motifs is 1. The van der Waals surface area contributed by atoms with Gasteiger partial charge in [0.25, 0.3) is 0 Å². The fourth-order valence-electron chi connectivity index (χ4n) is 3.50. The molecule has 2 heterocycles. The van der Waals surface area contributed by atoms with Gasteiger partial charge in [-0.25, -0.2) is 4.98 Å². The van der Waals surface area contributed by atoms with Crippen LogP contribution in [0.4, 0.5) is 23.1 Å². The van der Waals surface area contributed by atoms with Gasteiger partial charge >= 0.3 is 0 Å². The monoisotopic (exact) mass is 330 g/mol. The summed E-state index contributed by atoms with van der Waals surface area (Å²) in [5, 5.41) is 3.34. The molecule has 25 heavy (non-hydrogen) atoms. The number of hydrogen-bond donors (Lipinski definition) is 1. The molecule has 4 heteroatoms. The smallest absolute Gasteiger partial charge is 0.229 e. The van der Waals surface area contributed by atoms with E-state index in [1.807, 2.05) is 19.1 Å². The van der Waals surface area contributed by atoms with Crippen molar-refractivity contribution >= 4 is 23.1 Å². The quantitative estimate of drug-likeness (QED) is 0.740. The normalized spacial score (nSPS) is 16.0. The number of anilines is 4. The minimum absolute atomic E-state index is 0.388. The largest absolute Gasteiger partial charge is 0.324 e. The molecule has 0 fully saturated rings. The molecule has 1 aliphatic heterocycles. The average Bonchev–Trinajstić information content (AvgIpc) is 2.90. The molecule has 1 N–H and O–H groups in total. The zero-order valence-corrected chi connectivity index (χ0v) is 14.8. The predicted octanol–water partition coefficient (Wildman–Crippen LogP) is 4.92. The summed E-state index contributed by atoms with van der Waals surface area (Å²) in [6, 6.07) is 19.2. The number of aromatic nitrogens is 2. The molecule has 0 radical (unpaired) electrons. The summed E-state index contributed by atoms with van der Waals surface area (Å²) in [4.78, 5) is 11.7. The Hall–Kier alpha value is -2.88. The number of benzene rings is 2. The predicted molar refractivity (Wildman–Crippen MR) is 103 cm³/mol. The topological polar surface area (TPSA) is 41.1 Å². The van der Waals surface area contributed by atoms with Crippen molar-refractivity contribution in [2.45, 2.75) is 33.2 Å². The third kappa shape index (κ3) is 3.07. The average molecular weight is 330 g/mol. The van der Waals surface area contributed by atoms with Crippen molar-refractivity contribution in [1.29, 1.82) is 0 Å². The molecule has 0 spiro atoms. The summed E-state index contributed by atoms with van der Waals surface area (Å²) >= 11 is 0. The number of hydrogen-bond acceptors (Lipinski definition) is 4. The maximum Gasteiger partial charge on any atom is 0.229 e. The van der Waals surface area contributed by atoms with Crippen molar-refractivity contribution in [2.24, 2.45) is 0 Å². The molecule has 126 valence electrons. The molecule has 4 nitrogen and oxygen atoms in total. The highest BCUT2D eigenvalue weighted by molar-refractivity contribution is 5.70. The molecule has 0 amide bonds. The summed E-state index contributed by atoms with van der Waals surface area (Å²) in [6.07, 6.45) is 1.04. The highest BCUT2D eigenvalue weighted by Gasteiger charge is 2.28. The summed E-state index contributed by atoms with van der Waals surface area (Å²) < 4.78 is 0. The van der Waals surface area contributed by atoms with Gasteiger partial charge in [-0.05, 0) is 56.5 Å². The Kier molecular flexibility index (Phi) is 3.88. The molecule has 3 aromatic rings. The molecule has 0 saturated carbocycles. The SMILES string of the molecule is Cc1cccc(Nc2nc(C)cc(N3c4ccccc4CC3C)n2)c1. The maximum absolute atomic E-state index is 4.79. The molecule has 4 rings (SSSR count). The van der Waals surface area contributed by atoms with Crippen LogP contribution in [0.1, 0.15) is 23.7 Å². The van der Waals surface area contributed by atoms with Gasteiger partial charge in [0, 0.05) is 29.2 Å². The van der Waals surface area contributed by atoms with E-state index in [4.69, 9.17) is 4.98 Å². The second kappa shape index (κ2) is 6.20. The summed E-state index contributed by atoms with van der Waals surface area (Å²) in [5.41, 5.74) is 5.79. The van der Waals surface area contributed by atoms with E-state index in [2.05, 4.69) is 71.5 Å². The van der Waals surface area contributed by atoms with Gasteiger partial charge in [0.15, 0.2) is 0 Å². The zero-order chi connectivity index (χ0) is 17.4. The van der Waals surface area contributed by atoms with Crippen molar-refractivity contribution in [3.05, 3.63) is 71.4 Å². The van der Waals surface area contributed by atoms with Crippen LogP contribution in [0.15, 0.2) is 54.6 Å². The Morgan fingerprint density at radius 1 is 1.00 bits per heavy atom. The Balaban J connectivity index is 1.71. The highest BCUT2D eigenvalue weighted by Crippen LogP contribution is 2.37. The fourth-order valence-corrected chi connectivity index (χ4v) is 3.50. The number of nitrogens with one attached hydrogen (secondary N) is 1. The van der Waals surface area contributed by atoms with Crippen LogP contribution in [0, 0.1) is 13.8 Å². The second-order valence-electron chi connectivity index (χ2n) is 6.74. The highest BCUT2D eigenvalue weighted by atomic mass is 15.3. The molecule has 1 aliphatic rings. The van der Waals surface area contributed by atoms with Crippen molar-refractivity contribution in [3.63, 3.8) is 0 Å². The molecule has 1 atom stereocenters. The number of rotatable bonds is 3. The van der Waals surface area contributed by atoms with Crippen LogP contribution in [-0.2, 0) is 6.42 Å². The lowest BCUT2D eigenvalue weighted by Crippen LogP contribution is -2.25. The van der Waals surface area contributed by atoms with E-state index in [1.165, 1.54) is 16.8 Å². The third-order valence-electron chi connectivity index (χ3n) is 4.57. The molecule has 0 aliphatic carbocycles. The van der Waals surface area contributed by atoms with E-state index >= 15 is 0 Å². The van der Waals surface area contributed by atoms with Crippen LogP contribution in [0.3, 0.4) is 0 Å². The Morgan fingerprint density at radius 3 is 2.68 bits per heavy atom.